The van der Waals surface area contributed by atoms with E-state index in [2.05, 4.69) is 0 Å². The first kappa shape index (κ1) is 15.0. The van der Waals surface area contributed by atoms with Crippen molar-refractivity contribution in [2.75, 3.05) is 0 Å². The molecule has 1 aliphatic rings. The Balaban J connectivity index is 2.07. The molecule has 0 heterocycles. The molecule has 0 N–H and O–H groups in total. The lowest BCUT2D eigenvalue weighted by Gasteiger charge is -2.19. The van der Waals surface area contributed by atoms with Gasteiger partial charge in [0, 0.05) is 18.2 Å². The summed E-state index contributed by atoms with van der Waals surface area (Å²) in [5.41, 5.74) is 0.959. The molecule has 1 fully saturated rings. The summed E-state index contributed by atoms with van der Waals surface area (Å²) in [4.78, 5) is 11.6. The fourth-order valence-corrected chi connectivity index (χ4v) is 3.56. The molecule has 3 nitrogen and oxygen atoms in total. The van der Waals surface area contributed by atoms with Crippen LogP contribution in [-0.4, -0.2) is 14.2 Å². The molecule has 0 bridgehead atoms. The van der Waals surface area contributed by atoms with Gasteiger partial charge in [-0.25, -0.2) is 8.42 Å². The lowest BCUT2D eigenvalue weighted by Crippen LogP contribution is -2.10. The van der Waals surface area contributed by atoms with Crippen LogP contribution in [0.15, 0.2) is 40.6 Å². The van der Waals surface area contributed by atoms with Crippen LogP contribution in [0, 0.1) is 12.3 Å². The van der Waals surface area contributed by atoms with Crippen molar-refractivity contribution in [1.29, 1.82) is 0 Å². The molecule has 1 unspecified atom stereocenters. The standard InChI is InChI=1S/C16H20O3S/c1-13-4-6-15(7-5-13)20(18,19)11-3-9-16(2)10-8-14(17)12-16/h3-7,11H,8-10,12H2,1-2H3/b11-3+. The zero-order valence-corrected chi connectivity index (χ0v) is 12.7. The summed E-state index contributed by atoms with van der Waals surface area (Å²) >= 11 is 0. The van der Waals surface area contributed by atoms with Gasteiger partial charge in [-0.05, 0) is 37.3 Å². The van der Waals surface area contributed by atoms with Crippen LogP contribution in [0.2, 0.25) is 0 Å². The average molecular weight is 292 g/mol. The monoisotopic (exact) mass is 292 g/mol. The second-order valence-corrected chi connectivity index (χ2v) is 7.79. The Kier molecular flexibility index (Phi) is 4.14. The van der Waals surface area contributed by atoms with Crippen LogP contribution in [-0.2, 0) is 14.6 Å². The molecule has 0 radical (unpaired) electrons. The van der Waals surface area contributed by atoms with Gasteiger partial charge >= 0.3 is 0 Å². The molecular weight excluding hydrogens is 272 g/mol. The summed E-state index contributed by atoms with van der Waals surface area (Å²) in [6, 6.07) is 6.82. The third-order valence-electron chi connectivity index (χ3n) is 3.87. The first-order valence-electron chi connectivity index (χ1n) is 6.81. The zero-order chi connectivity index (χ0) is 14.8. The van der Waals surface area contributed by atoms with E-state index in [4.69, 9.17) is 0 Å². The molecular formula is C16H20O3S. The Morgan fingerprint density at radius 3 is 2.45 bits per heavy atom. The smallest absolute Gasteiger partial charge is 0.199 e. The summed E-state index contributed by atoms with van der Waals surface area (Å²) in [6.45, 7) is 3.96. The Labute approximate surface area is 120 Å². The number of benzene rings is 1. The molecule has 0 amide bonds. The highest BCUT2D eigenvalue weighted by Gasteiger charge is 2.32. The van der Waals surface area contributed by atoms with Crippen LogP contribution in [0.5, 0.6) is 0 Å². The van der Waals surface area contributed by atoms with Crippen molar-refractivity contribution in [3.63, 3.8) is 0 Å². The van der Waals surface area contributed by atoms with Gasteiger partial charge in [0.25, 0.3) is 0 Å². The van der Waals surface area contributed by atoms with Crippen LogP contribution < -0.4 is 0 Å². The number of ketones is 1. The molecule has 0 spiro atoms. The van der Waals surface area contributed by atoms with E-state index >= 15 is 0 Å². The Morgan fingerprint density at radius 2 is 1.90 bits per heavy atom. The normalized spacial score (nSPS) is 23.6. The van der Waals surface area contributed by atoms with E-state index in [9.17, 15) is 13.2 Å². The summed E-state index contributed by atoms with van der Waals surface area (Å²) < 4.78 is 24.3. The van der Waals surface area contributed by atoms with Gasteiger partial charge in [-0.15, -0.1) is 0 Å². The quantitative estimate of drug-likeness (QED) is 0.854. The van der Waals surface area contributed by atoms with E-state index in [0.29, 0.717) is 24.2 Å². The van der Waals surface area contributed by atoms with E-state index in [-0.39, 0.29) is 11.2 Å². The number of carbonyl (C=O) groups excluding carboxylic acids is 1. The molecule has 1 atom stereocenters. The predicted molar refractivity (Wildman–Crippen MR) is 79.1 cm³/mol. The summed E-state index contributed by atoms with van der Waals surface area (Å²) in [5, 5.41) is 1.27. The molecule has 4 heteroatoms. The number of sulfone groups is 1. The Hall–Kier alpha value is -1.42. The van der Waals surface area contributed by atoms with E-state index in [1.807, 2.05) is 13.8 Å². The van der Waals surface area contributed by atoms with Gasteiger partial charge in [0.05, 0.1) is 4.90 Å². The summed E-state index contributed by atoms with van der Waals surface area (Å²) in [5.74, 6) is 0.280. The van der Waals surface area contributed by atoms with Crippen molar-refractivity contribution in [2.45, 2.75) is 44.4 Å². The number of rotatable bonds is 4. The average Bonchev–Trinajstić information content (AvgIpc) is 2.69. The van der Waals surface area contributed by atoms with Crippen LogP contribution in [0.4, 0.5) is 0 Å². The zero-order valence-electron chi connectivity index (χ0n) is 11.9. The molecule has 1 saturated carbocycles. The van der Waals surface area contributed by atoms with Gasteiger partial charge in [0.15, 0.2) is 9.84 Å². The number of aryl methyl sites for hydroxylation is 1. The molecule has 1 aliphatic carbocycles. The maximum Gasteiger partial charge on any atom is 0.199 e. The van der Waals surface area contributed by atoms with Crippen molar-refractivity contribution in [3.05, 3.63) is 41.3 Å². The fraction of sp³-hybridized carbons (Fsp3) is 0.438. The van der Waals surface area contributed by atoms with E-state index in [1.165, 1.54) is 5.41 Å². The minimum absolute atomic E-state index is 0.0730. The molecule has 20 heavy (non-hydrogen) atoms. The summed E-state index contributed by atoms with van der Waals surface area (Å²) in [7, 11) is -3.37. The molecule has 2 rings (SSSR count). The number of carbonyl (C=O) groups is 1. The third kappa shape index (κ3) is 3.57. The number of allylic oxidation sites excluding steroid dienone is 1. The van der Waals surface area contributed by atoms with Crippen LogP contribution in [0.3, 0.4) is 0 Å². The van der Waals surface area contributed by atoms with E-state index in [1.54, 1.807) is 30.3 Å². The first-order valence-corrected chi connectivity index (χ1v) is 8.35. The molecule has 108 valence electrons. The minimum Gasteiger partial charge on any atom is -0.300 e. The highest BCUT2D eigenvalue weighted by atomic mass is 32.2. The molecule has 0 aliphatic heterocycles. The lowest BCUT2D eigenvalue weighted by atomic mass is 9.85. The van der Waals surface area contributed by atoms with Crippen LogP contribution in [0.25, 0.3) is 0 Å². The molecule has 0 aromatic heterocycles. The van der Waals surface area contributed by atoms with Crippen LogP contribution >= 0.6 is 0 Å². The van der Waals surface area contributed by atoms with Gasteiger partial charge in [-0.3, -0.25) is 4.79 Å². The first-order chi connectivity index (χ1) is 9.31. The second-order valence-electron chi connectivity index (χ2n) is 5.96. The summed E-state index contributed by atoms with van der Waals surface area (Å²) in [6.07, 6.45) is 4.34. The van der Waals surface area contributed by atoms with Gasteiger partial charge in [-0.2, -0.15) is 0 Å². The number of hydrogen-bond donors (Lipinski definition) is 0. The lowest BCUT2D eigenvalue weighted by molar-refractivity contribution is -0.117. The van der Waals surface area contributed by atoms with Gasteiger partial charge in [-0.1, -0.05) is 30.7 Å². The molecule has 0 saturated heterocycles. The van der Waals surface area contributed by atoms with Crippen molar-refractivity contribution in [2.24, 2.45) is 5.41 Å². The fourth-order valence-electron chi connectivity index (χ4n) is 2.53. The van der Waals surface area contributed by atoms with Crippen LogP contribution in [0.1, 0.15) is 38.2 Å². The van der Waals surface area contributed by atoms with Gasteiger partial charge < -0.3 is 0 Å². The highest BCUT2D eigenvalue weighted by Crippen LogP contribution is 2.38. The van der Waals surface area contributed by atoms with Gasteiger partial charge in [0.2, 0.25) is 0 Å². The van der Waals surface area contributed by atoms with Crippen molar-refractivity contribution in [3.8, 4) is 0 Å². The second kappa shape index (κ2) is 5.52. The van der Waals surface area contributed by atoms with Crippen molar-refractivity contribution in [1.82, 2.24) is 0 Å². The Morgan fingerprint density at radius 1 is 1.25 bits per heavy atom. The topological polar surface area (TPSA) is 51.2 Å². The number of hydrogen-bond acceptors (Lipinski definition) is 3. The SMILES string of the molecule is Cc1ccc(S(=O)(=O)/C=C/CC2(C)CCC(=O)C2)cc1. The van der Waals surface area contributed by atoms with Crippen molar-refractivity contribution < 1.29 is 13.2 Å². The largest absolute Gasteiger partial charge is 0.300 e. The van der Waals surface area contributed by atoms with Gasteiger partial charge in [0.1, 0.15) is 5.78 Å². The highest BCUT2D eigenvalue weighted by molar-refractivity contribution is 7.94. The number of Topliss-reactive ketones (excluding diaryl/α,β-unsaturated/α-hetero) is 1. The minimum atomic E-state index is -3.37. The third-order valence-corrected chi connectivity index (χ3v) is 5.35. The van der Waals surface area contributed by atoms with E-state index in [0.717, 1.165) is 12.0 Å². The maximum atomic E-state index is 12.1. The molecule has 1 aromatic rings. The predicted octanol–water partition coefficient (Wildman–Crippen LogP) is 3.43. The van der Waals surface area contributed by atoms with Crippen molar-refractivity contribution >= 4 is 15.6 Å². The van der Waals surface area contributed by atoms with E-state index < -0.39 is 9.84 Å². The molecule has 1 aromatic carbocycles. The Bertz CT molecular complexity index is 626. The maximum absolute atomic E-state index is 12.1.